The predicted octanol–water partition coefficient (Wildman–Crippen LogP) is 4.64. The van der Waals surface area contributed by atoms with Crippen molar-refractivity contribution in [3.05, 3.63) is 82.4 Å². The molecule has 4 rings (SSSR count). The predicted molar refractivity (Wildman–Crippen MR) is 96.2 cm³/mol. The molecule has 0 fully saturated rings. The third-order valence-electron chi connectivity index (χ3n) is 4.10. The Labute approximate surface area is 147 Å². The summed E-state index contributed by atoms with van der Waals surface area (Å²) in [6.07, 6.45) is -0.179. The summed E-state index contributed by atoms with van der Waals surface area (Å²) in [7, 11) is 0. The summed E-state index contributed by atoms with van der Waals surface area (Å²) in [6.45, 7) is 0. The maximum atomic E-state index is 12.2. The number of esters is 1. The Morgan fingerprint density at radius 2 is 1.69 bits per heavy atom. The zero-order valence-electron chi connectivity index (χ0n) is 13.5. The molecule has 1 heterocycles. The van der Waals surface area contributed by atoms with Crippen LogP contribution in [0.5, 0.6) is 5.75 Å². The fourth-order valence-electron chi connectivity index (χ4n) is 2.93. The average Bonchev–Trinajstić information content (AvgIpc) is 3.00. The fourth-order valence-corrected chi connectivity index (χ4v) is 2.93. The van der Waals surface area contributed by atoms with Crippen LogP contribution >= 0.6 is 0 Å². The smallest absolute Gasteiger partial charge is 0.315 e. The van der Waals surface area contributed by atoms with Gasteiger partial charge in [-0.15, -0.1) is 0 Å². The lowest BCUT2D eigenvalue weighted by atomic mass is 10.1. The van der Waals surface area contributed by atoms with Crippen LogP contribution in [-0.2, 0) is 11.2 Å². The minimum atomic E-state index is -0.563. The maximum Gasteiger partial charge on any atom is 0.315 e. The van der Waals surface area contributed by atoms with Gasteiger partial charge in [0.15, 0.2) is 0 Å². The highest BCUT2D eigenvalue weighted by atomic mass is 16.6. The molecule has 0 spiro atoms. The second-order valence-electron chi connectivity index (χ2n) is 5.79. The van der Waals surface area contributed by atoms with Gasteiger partial charge >= 0.3 is 5.97 Å². The molecule has 0 saturated carbocycles. The van der Waals surface area contributed by atoms with Crippen molar-refractivity contribution in [2.75, 3.05) is 0 Å². The van der Waals surface area contributed by atoms with E-state index in [-0.39, 0.29) is 12.1 Å². The van der Waals surface area contributed by atoms with Crippen LogP contribution in [0.2, 0.25) is 0 Å². The summed E-state index contributed by atoms with van der Waals surface area (Å²) in [4.78, 5) is 22.8. The molecule has 128 valence electrons. The molecule has 0 N–H and O–H groups in total. The van der Waals surface area contributed by atoms with Gasteiger partial charge in [-0.1, -0.05) is 36.4 Å². The van der Waals surface area contributed by atoms with E-state index in [1.54, 1.807) is 36.4 Å². The first-order valence-electron chi connectivity index (χ1n) is 7.96. The van der Waals surface area contributed by atoms with E-state index in [2.05, 4.69) is 0 Å². The first kappa shape index (κ1) is 15.8. The standard InChI is InChI=1S/C20H13NO5/c22-20(11-13-5-1-3-7-17(13)21(23)24)25-14-9-10-19-16(12-14)15-6-2-4-8-18(15)26-19/h1-10,12H,11H2. The van der Waals surface area contributed by atoms with Gasteiger partial charge in [-0.05, 0) is 24.3 Å². The van der Waals surface area contributed by atoms with Gasteiger partial charge in [0.25, 0.3) is 5.69 Å². The van der Waals surface area contributed by atoms with Gasteiger partial charge in [0.1, 0.15) is 16.9 Å². The molecule has 1 aromatic heterocycles. The molecule has 6 heteroatoms. The molecule has 26 heavy (non-hydrogen) atoms. The monoisotopic (exact) mass is 347 g/mol. The lowest BCUT2D eigenvalue weighted by Crippen LogP contribution is -2.12. The second-order valence-corrected chi connectivity index (χ2v) is 5.79. The minimum Gasteiger partial charge on any atom is -0.456 e. The van der Waals surface area contributed by atoms with Crippen LogP contribution in [0.25, 0.3) is 21.9 Å². The fraction of sp³-hybridized carbons (Fsp3) is 0.0500. The molecule has 0 radical (unpaired) electrons. The summed E-state index contributed by atoms with van der Waals surface area (Å²) in [5.74, 6) is -0.195. The van der Waals surface area contributed by atoms with Gasteiger partial charge in [-0.25, -0.2) is 0 Å². The number of rotatable bonds is 4. The van der Waals surface area contributed by atoms with Crippen molar-refractivity contribution in [1.82, 2.24) is 0 Å². The molecule has 4 aromatic rings. The summed E-state index contributed by atoms with van der Waals surface area (Å²) in [5.41, 5.74) is 1.67. The van der Waals surface area contributed by atoms with Gasteiger partial charge in [0, 0.05) is 22.4 Å². The number of carbonyl (C=O) groups is 1. The minimum absolute atomic E-state index is 0.0965. The quantitative estimate of drug-likeness (QED) is 0.232. The van der Waals surface area contributed by atoms with Crippen LogP contribution in [0.3, 0.4) is 0 Å². The number of carbonyl (C=O) groups excluding carboxylic acids is 1. The van der Waals surface area contributed by atoms with Crippen molar-refractivity contribution in [3.8, 4) is 5.75 Å². The van der Waals surface area contributed by atoms with E-state index in [1.165, 1.54) is 6.07 Å². The second kappa shape index (κ2) is 6.33. The van der Waals surface area contributed by atoms with Gasteiger partial charge in [0.05, 0.1) is 11.3 Å². The van der Waals surface area contributed by atoms with Crippen molar-refractivity contribution in [1.29, 1.82) is 0 Å². The highest BCUT2D eigenvalue weighted by Crippen LogP contribution is 2.31. The molecule has 0 aliphatic heterocycles. The van der Waals surface area contributed by atoms with E-state index in [0.717, 1.165) is 16.4 Å². The molecule has 0 aliphatic rings. The number of hydrogen-bond donors (Lipinski definition) is 0. The lowest BCUT2D eigenvalue weighted by molar-refractivity contribution is -0.385. The third-order valence-corrected chi connectivity index (χ3v) is 4.10. The molecule has 0 amide bonds. The SMILES string of the molecule is O=C(Cc1ccccc1[N+](=O)[O-])Oc1ccc2oc3ccccc3c2c1. The van der Waals surface area contributed by atoms with Crippen molar-refractivity contribution >= 4 is 33.6 Å². The van der Waals surface area contributed by atoms with Crippen LogP contribution in [0.15, 0.2) is 71.1 Å². The van der Waals surface area contributed by atoms with Crippen molar-refractivity contribution in [3.63, 3.8) is 0 Å². The first-order chi connectivity index (χ1) is 12.6. The molecule has 0 unspecified atom stereocenters. The summed E-state index contributed by atoms with van der Waals surface area (Å²) in [5, 5.41) is 12.8. The summed E-state index contributed by atoms with van der Waals surface area (Å²) < 4.78 is 11.1. The number of ether oxygens (including phenoxy) is 1. The Morgan fingerprint density at radius 1 is 0.962 bits per heavy atom. The van der Waals surface area contributed by atoms with Gasteiger partial charge < -0.3 is 9.15 Å². The molecule has 0 bridgehead atoms. The Bertz CT molecular complexity index is 1150. The summed E-state index contributed by atoms with van der Waals surface area (Å²) >= 11 is 0. The van der Waals surface area contributed by atoms with Crippen LogP contribution < -0.4 is 4.74 Å². The molecular weight excluding hydrogens is 334 g/mol. The Hall–Kier alpha value is -3.67. The average molecular weight is 347 g/mol. The van der Waals surface area contributed by atoms with Crippen LogP contribution in [0, 0.1) is 10.1 Å². The lowest BCUT2D eigenvalue weighted by Gasteiger charge is -2.05. The van der Waals surface area contributed by atoms with Crippen LogP contribution in [0.1, 0.15) is 5.56 Å². The molecule has 0 aliphatic carbocycles. The number of benzene rings is 3. The number of nitrogens with zero attached hydrogens (tertiary/aromatic N) is 1. The van der Waals surface area contributed by atoms with Crippen molar-refractivity contribution in [2.24, 2.45) is 0 Å². The number of hydrogen-bond acceptors (Lipinski definition) is 5. The Balaban J connectivity index is 1.60. The zero-order chi connectivity index (χ0) is 18.1. The first-order valence-corrected chi connectivity index (χ1v) is 7.96. The number of para-hydroxylation sites is 2. The number of fused-ring (bicyclic) bond motifs is 3. The van der Waals surface area contributed by atoms with E-state index in [0.29, 0.717) is 16.9 Å². The molecule has 0 atom stereocenters. The van der Waals surface area contributed by atoms with Crippen LogP contribution in [-0.4, -0.2) is 10.9 Å². The largest absolute Gasteiger partial charge is 0.456 e. The van der Waals surface area contributed by atoms with E-state index in [4.69, 9.17) is 9.15 Å². The number of nitro groups is 1. The number of furan rings is 1. The Morgan fingerprint density at radius 3 is 2.54 bits per heavy atom. The topological polar surface area (TPSA) is 82.6 Å². The van der Waals surface area contributed by atoms with Crippen molar-refractivity contribution in [2.45, 2.75) is 6.42 Å². The zero-order valence-corrected chi connectivity index (χ0v) is 13.5. The number of nitro benzene ring substituents is 1. The van der Waals surface area contributed by atoms with Crippen molar-refractivity contribution < 1.29 is 18.9 Å². The van der Waals surface area contributed by atoms with Gasteiger partial charge in [-0.2, -0.15) is 0 Å². The van der Waals surface area contributed by atoms with E-state index < -0.39 is 10.9 Å². The van der Waals surface area contributed by atoms with Gasteiger partial charge in [-0.3, -0.25) is 14.9 Å². The maximum absolute atomic E-state index is 12.2. The normalized spacial score (nSPS) is 10.9. The molecule has 0 saturated heterocycles. The molecular formula is C20H13NO5. The molecule has 3 aromatic carbocycles. The van der Waals surface area contributed by atoms with E-state index in [9.17, 15) is 14.9 Å². The van der Waals surface area contributed by atoms with Crippen LogP contribution in [0.4, 0.5) is 5.69 Å². The Kier molecular flexibility index (Phi) is 3.85. The highest BCUT2D eigenvalue weighted by molar-refractivity contribution is 6.05. The van der Waals surface area contributed by atoms with E-state index in [1.807, 2.05) is 24.3 Å². The highest BCUT2D eigenvalue weighted by Gasteiger charge is 2.17. The third kappa shape index (κ3) is 2.88. The van der Waals surface area contributed by atoms with E-state index >= 15 is 0 Å². The van der Waals surface area contributed by atoms with Gasteiger partial charge in [0.2, 0.25) is 0 Å². The summed E-state index contributed by atoms with van der Waals surface area (Å²) in [6, 6.07) is 18.8. The molecule has 6 nitrogen and oxygen atoms in total.